The van der Waals surface area contributed by atoms with Gasteiger partial charge in [0.15, 0.2) is 34.9 Å². The fraction of sp³-hybridized carbons (Fsp3) is 0.0444. The molecule has 10 rings (SSSR count). The molecule has 0 spiro atoms. The Labute approximate surface area is 305 Å². The lowest BCUT2D eigenvalue weighted by atomic mass is 10.0. The van der Waals surface area contributed by atoms with Gasteiger partial charge in [0, 0.05) is 45.0 Å². The molecule has 8 heteroatoms. The number of aromatic nitrogens is 8. The third kappa shape index (κ3) is 5.63. The zero-order valence-corrected chi connectivity index (χ0v) is 28.5. The van der Waals surface area contributed by atoms with Gasteiger partial charge in [-0.05, 0) is 36.4 Å². The van der Waals surface area contributed by atoms with Crippen LogP contribution >= 0.6 is 0 Å². The summed E-state index contributed by atoms with van der Waals surface area (Å²) in [5.74, 6) is 3.72. The second kappa shape index (κ2) is 12.9. The zero-order chi connectivity index (χ0) is 35.1. The average Bonchev–Trinajstić information content (AvgIpc) is 3.62. The molecule has 0 atom stereocenters. The highest BCUT2D eigenvalue weighted by Gasteiger charge is 2.19. The molecule has 53 heavy (non-hydrogen) atoms. The number of nitrogens with zero attached hydrogens (tertiary/aromatic N) is 8. The number of hydrogen-bond donors (Lipinski definition) is 0. The van der Waals surface area contributed by atoms with E-state index in [1.807, 2.05) is 103 Å². The van der Waals surface area contributed by atoms with Crippen molar-refractivity contribution in [2.75, 3.05) is 0 Å². The van der Waals surface area contributed by atoms with Crippen molar-refractivity contribution in [2.24, 2.45) is 0 Å². The molecule has 0 saturated carbocycles. The van der Waals surface area contributed by atoms with Gasteiger partial charge in [0.25, 0.3) is 0 Å². The van der Waals surface area contributed by atoms with E-state index in [1.54, 1.807) is 0 Å². The van der Waals surface area contributed by atoms with Crippen LogP contribution in [0.4, 0.5) is 0 Å². The van der Waals surface area contributed by atoms with Gasteiger partial charge in [-0.2, -0.15) is 0 Å². The maximum atomic E-state index is 5.20. The van der Waals surface area contributed by atoms with Crippen LogP contribution in [0.25, 0.3) is 90.0 Å². The van der Waals surface area contributed by atoms with E-state index in [1.165, 1.54) is 0 Å². The SMILES string of the molecule is C1=CC(c2nc(-c3ccccc3)nc(-c3cn4c5ccc(-c6nc(-c7ccccc7)nc(-c7ccccc7)n6)cc5nc4c4ccccc34)n2)=CCC1. The highest BCUT2D eigenvalue weighted by Crippen LogP contribution is 2.35. The minimum atomic E-state index is 0.583. The molecule has 0 saturated heterocycles. The van der Waals surface area contributed by atoms with Crippen LogP contribution < -0.4 is 0 Å². The van der Waals surface area contributed by atoms with Crippen LogP contribution in [0.1, 0.15) is 18.7 Å². The Bertz CT molecular complexity index is 2820. The van der Waals surface area contributed by atoms with Crippen LogP contribution in [-0.2, 0) is 0 Å². The molecular formula is C45H30N8. The highest BCUT2D eigenvalue weighted by atomic mass is 15.1. The molecule has 4 heterocycles. The Balaban J connectivity index is 1.16. The van der Waals surface area contributed by atoms with Gasteiger partial charge >= 0.3 is 0 Å². The lowest BCUT2D eigenvalue weighted by Crippen LogP contribution is -2.04. The van der Waals surface area contributed by atoms with Crippen LogP contribution in [0, 0.1) is 0 Å². The van der Waals surface area contributed by atoms with Crippen LogP contribution in [0.5, 0.6) is 0 Å². The summed E-state index contributed by atoms with van der Waals surface area (Å²) < 4.78 is 2.14. The Kier molecular flexibility index (Phi) is 7.42. The molecule has 0 amide bonds. The summed E-state index contributed by atoms with van der Waals surface area (Å²) in [5, 5.41) is 2.01. The fourth-order valence-corrected chi connectivity index (χ4v) is 6.91. The molecular weight excluding hydrogens is 653 g/mol. The van der Waals surface area contributed by atoms with E-state index in [0.717, 1.165) is 73.7 Å². The van der Waals surface area contributed by atoms with Crippen molar-refractivity contribution in [1.82, 2.24) is 39.3 Å². The summed E-state index contributed by atoms with van der Waals surface area (Å²) in [7, 11) is 0. The van der Waals surface area contributed by atoms with E-state index in [-0.39, 0.29) is 0 Å². The molecule has 250 valence electrons. The average molecular weight is 683 g/mol. The number of allylic oxidation sites excluding steroid dienone is 4. The van der Waals surface area contributed by atoms with Crippen molar-refractivity contribution in [3.63, 3.8) is 0 Å². The molecule has 4 aromatic heterocycles. The summed E-state index contributed by atoms with van der Waals surface area (Å²) in [5.41, 5.74) is 8.17. The summed E-state index contributed by atoms with van der Waals surface area (Å²) in [6, 6.07) is 44.6. The van der Waals surface area contributed by atoms with Crippen molar-refractivity contribution in [1.29, 1.82) is 0 Å². The minimum absolute atomic E-state index is 0.583. The maximum absolute atomic E-state index is 5.20. The number of imidazole rings is 1. The van der Waals surface area contributed by atoms with E-state index in [0.29, 0.717) is 34.9 Å². The maximum Gasteiger partial charge on any atom is 0.166 e. The summed E-state index contributed by atoms with van der Waals surface area (Å²) in [6.45, 7) is 0. The van der Waals surface area contributed by atoms with Gasteiger partial charge in [-0.1, -0.05) is 133 Å². The van der Waals surface area contributed by atoms with Gasteiger partial charge < -0.3 is 0 Å². The first kappa shape index (κ1) is 30.6. The smallest absolute Gasteiger partial charge is 0.166 e. The van der Waals surface area contributed by atoms with Crippen LogP contribution in [0.3, 0.4) is 0 Å². The van der Waals surface area contributed by atoms with Crippen molar-refractivity contribution < 1.29 is 0 Å². The second-order valence-corrected chi connectivity index (χ2v) is 12.9. The first-order valence-corrected chi connectivity index (χ1v) is 17.6. The normalized spacial score (nSPS) is 12.8. The largest absolute Gasteiger partial charge is 0.298 e. The fourth-order valence-electron chi connectivity index (χ4n) is 6.91. The minimum Gasteiger partial charge on any atom is -0.298 e. The van der Waals surface area contributed by atoms with Gasteiger partial charge in [-0.25, -0.2) is 34.9 Å². The topological polar surface area (TPSA) is 94.6 Å². The van der Waals surface area contributed by atoms with Crippen molar-refractivity contribution in [3.8, 4) is 56.9 Å². The molecule has 8 nitrogen and oxygen atoms in total. The number of rotatable bonds is 6. The van der Waals surface area contributed by atoms with Crippen LogP contribution in [-0.4, -0.2) is 39.3 Å². The number of hydrogen-bond acceptors (Lipinski definition) is 7. The Morgan fingerprint density at radius 3 is 1.57 bits per heavy atom. The highest BCUT2D eigenvalue weighted by molar-refractivity contribution is 6.05. The monoisotopic (exact) mass is 682 g/mol. The zero-order valence-electron chi connectivity index (χ0n) is 28.5. The van der Waals surface area contributed by atoms with E-state index in [2.05, 4.69) is 59.2 Å². The molecule has 9 aromatic rings. The predicted molar refractivity (Wildman–Crippen MR) is 211 cm³/mol. The second-order valence-electron chi connectivity index (χ2n) is 12.9. The van der Waals surface area contributed by atoms with Crippen molar-refractivity contribution in [3.05, 3.63) is 164 Å². The lowest BCUT2D eigenvalue weighted by Gasteiger charge is -2.12. The van der Waals surface area contributed by atoms with E-state index in [4.69, 9.17) is 34.9 Å². The third-order valence-electron chi connectivity index (χ3n) is 9.52. The molecule has 0 bridgehead atoms. The van der Waals surface area contributed by atoms with Crippen LogP contribution in [0.15, 0.2) is 158 Å². The molecule has 1 aliphatic carbocycles. The molecule has 0 aliphatic heterocycles. The quantitative estimate of drug-likeness (QED) is 0.172. The number of pyridine rings is 1. The Morgan fingerprint density at radius 1 is 0.434 bits per heavy atom. The lowest BCUT2D eigenvalue weighted by molar-refractivity contribution is 1.01. The van der Waals surface area contributed by atoms with Crippen molar-refractivity contribution in [2.45, 2.75) is 12.8 Å². The predicted octanol–water partition coefficient (Wildman–Crippen LogP) is 10.1. The molecule has 0 fully saturated rings. The summed E-state index contributed by atoms with van der Waals surface area (Å²) in [6.07, 6.45) is 10.6. The van der Waals surface area contributed by atoms with Gasteiger partial charge in [-0.3, -0.25) is 4.40 Å². The van der Waals surface area contributed by atoms with Crippen molar-refractivity contribution >= 4 is 33.0 Å². The third-order valence-corrected chi connectivity index (χ3v) is 9.52. The molecule has 5 aromatic carbocycles. The number of fused-ring (bicyclic) bond motifs is 5. The molecule has 0 unspecified atom stereocenters. The van der Waals surface area contributed by atoms with Crippen LogP contribution in [0.2, 0.25) is 0 Å². The first-order valence-electron chi connectivity index (χ1n) is 17.6. The van der Waals surface area contributed by atoms with Gasteiger partial charge in [0.2, 0.25) is 0 Å². The number of benzene rings is 5. The standard InChI is InChI=1S/C45H30N8/c1-5-15-29(16-6-1)39-47-40(30-17-7-2-8-18-30)50-43(49-39)33-25-26-38-37(27-33)46-45-35-24-14-13-23-34(35)36(28-53(38)45)44-51-41(31-19-9-3-10-20-31)48-42(52-44)32-21-11-4-12-22-32/h1-3,5-11,13-28H,4,12H2. The van der Waals surface area contributed by atoms with E-state index >= 15 is 0 Å². The van der Waals surface area contributed by atoms with Gasteiger partial charge in [0.1, 0.15) is 5.65 Å². The van der Waals surface area contributed by atoms with E-state index in [9.17, 15) is 0 Å². The first-order chi connectivity index (χ1) is 26.2. The molecule has 0 radical (unpaired) electrons. The van der Waals surface area contributed by atoms with E-state index < -0.39 is 0 Å². The van der Waals surface area contributed by atoms with Gasteiger partial charge in [0.05, 0.1) is 11.0 Å². The molecule has 1 aliphatic rings. The summed E-state index contributed by atoms with van der Waals surface area (Å²) in [4.78, 5) is 35.1. The molecule has 0 N–H and O–H groups in total. The summed E-state index contributed by atoms with van der Waals surface area (Å²) >= 11 is 0. The Morgan fingerprint density at radius 2 is 0.962 bits per heavy atom. The van der Waals surface area contributed by atoms with Gasteiger partial charge in [-0.15, -0.1) is 0 Å². The Hall–Kier alpha value is -7.19.